The molecule has 0 spiro atoms. The number of anilines is 2. The zero-order valence-corrected chi connectivity index (χ0v) is 24.0. The summed E-state index contributed by atoms with van der Waals surface area (Å²) in [6.07, 6.45) is 5.64. The van der Waals surface area contributed by atoms with Gasteiger partial charge >= 0.3 is 0 Å². The molecule has 0 aromatic heterocycles. The molecule has 37 heavy (non-hydrogen) atoms. The number of hydrogen-bond donors (Lipinski definition) is 0. The number of ether oxygens (including phenoxy) is 1. The molecule has 2 heterocycles. The molecule has 2 fully saturated rings. The minimum atomic E-state index is 0.0854. The number of carbonyl (C=O) groups excluding carboxylic acids is 1. The molecule has 1 aliphatic carbocycles. The Morgan fingerprint density at radius 3 is 2.49 bits per heavy atom. The molecule has 2 aromatic carbocycles. The summed E-state index contributed by atoms with van der Waals surface area (Å²) >= 11 is 3.18. The number of aryl methyl sites for hydroxylation is 1. The van der Waals surface area contributed by atoms with Crippen molar-refractivity contribution >= 4 is 51.7 Å². The van der Waals surface area contributed by atoms with E-state index in [1.807, 2.05) is 24.1 Å². The van der Waals surface area contributed by atoms with Crippen LogP contribution in [-0.2, 0) is 4.79 Å². The van der Waals surface area contributed by atoms with Crippen LogP contribution in [0, 0.1) is 6.92 Å². The molecule has 1 saturated carbocycles. The van der Waals surface area contributed by atoms with Gasteiger partial charge in [0.15, 0.2) is 5.17 Å². The second-order valence-electron chi connectivity index (χ2n) is 9.74. The lowest BCUT2D eigenvalue weighted by Crippen LogP contribution is -2.40. The van der Waals surface area contributed by atoms with E-state index in [4.69, 9.17) is 9.73 Å². The Labute approximate surface area is 229 Å². The standard InChI is InChI=1S/C29H36N4O2S2/c1-6-32(7-2)21-13-15-23(19(3)17-21)30-29-33(20-11-9-8-10-12-20)27(34)26(37-29)28-31(4)24-18-22(35-5)14-16-25(24)36-28/h13-18,20H,6-12H2,1-5H3/b28-26-,30-29?. The number of rotatable bonds is 6. The van der Waals surface area contributed by atoms with Gasteiger partial charge in [-0.3, -0.25) is 9.69 Å². The summed E-state index contributed by atoms with van der Waals surface area (Å²) in [5.74, 6) is 0.903. The Morgan fingerprint density at radius 1 is 1.05 bits per heavy atom. The largest absolute Gasteiger partial charge is 0.497 e. The van der Waals surface area contributed by atoms with E-state index < -0.39 is 0 Å². The smallest absolute Gasteiger partial charge is 0.269 e. The highest BCUT2D eigenvalue weighted by Crippen LogP contribution is 2.51. The Morgan fingerprint density at radius 2 is 1.81 bits per heavy atom. The summed E-state index contributed by atoms with van der Waals surface area (Å²) in [6, 6.07) is 12.8. The first-order valence-electron chi connectivity index (χ1n) is 13.2. The molecule has 2 aliphatic heterocycles. The number of fused-ring (bicyclic) bond motifs is 1. The van der Waals surface area contributed by atoms with Crippen molar-refractivity contribution < 1.29 is 9.53 Å². The number of nitrogens with zero attached hydrogens (tertiary/aromatic N) is 4. The van der Waals surface area contributed by atoms with E-state index in [0.717, 1.165) is 81.5 Å². The van der Waals surface area contributed by atoms with Gasteiger partial charge < -0.3 is 14.5 Å². The van der Waals surface area contributed by atoms with Crippen molar-refractivity contribution in [2.45, 2.75) is 63.8 Å². The highest BCUT2D eigenvalue weighted by Gasteiger charge is 2.42. The monoisotopic (exact) mass is 536 g/mol. The molecule has 6 nitrogen and oxygen atoms in total. The fourth-order valence-corrected chi connectivity index (χ4v) is 7.74. The second-order valence-corrected chi connectivity index (χ2v) is 11.7. The van der Waals surface area contributed by atoms with Gasteiger partial charge in [0.05, 0.1) is 23.5 Å². The van der Waals surface area contributed by atoms with Crippen molar-refractivity contribution in [1.29, 1.82) is 0 Å². The summed E-state index contributed by atoms with van der Waals surface area (Å²) in [7, 11) is 3.71. The van der Waals surface area contributed by atoms with Gasteiger partial charge in [0.25, 0.3) is 5.91 Å². The number of benzene rings is 2. The number of amidine groups is 1. The van der Waals surface area contributed by atoms with Crippen LogP contribution in [0.2, 0.25) is 0 Å². The summed E-state index contributed by atoms with van der Waals surface area (Å²) in [6.45, 7) is 8.41. The highest BCUT2D eigenvalue weighted by atomic mass is 32.2. The lowest BCUT2D eigenvalue weighted by Gasteiger charge is -2.30. The molecule has 0 radical (unpaired) electrons. The molecule has 196 valence electrons. The van der Waals surface area contributed by atoms with E-state index in [1.54, 1.807) is 18.9 Å². The van der Waals surface area contributed by atoms with Crippen LogP contribution in [0.15, 0.2) is 56.2 Å². The third kappa shape index (κ3) is 4.98. The van der Waals surface area contributed by atoms with Crippen molar-refractivity contribution in [1.82, 2.24) is 4.90 Å². The SMILES string of the molecule is CCN(CC)c1ccc(N=C2S/C(=C3\Sc4ccc(OC)cc4N3C)C(=O)N2C2CCCCC2)c(C)c1. The maximum atomic E-state index is 14.0. The molecule has 3 aliphatic rings. The van der Waals surface area contributed by atoms with Crippen LogP contribution in [0.1, 0.15) is 51.5 Å². The maximum absolute atomic E-state index is 14.0. The predicted molar refractivity (Wildman–Crippen MR) is 157 cm³/mol. The van der Waals surface area contributed by atoms with E-state index >= 15 is 0 Å². The van der Waals surface area contributed by atoms with E-state index in [-0.39, 0.29) is 11.9 Å². The molecule has 1 amide bonds. The first-order valence-corrected chi connectivity index (χ1v) is 14.9. The van der Waals surface area contributed by atoms with Crippen LogP contribution in [0.4, 0.5) is 17.1 Å². The molecule has 5 rings (SSSR count). The lowest BCUT2D eigenvalue weighted by molar-refractivity contribution is -0.124. The molecular weight excluding hydrogens is 500 g/mol. The fourth-order valence-electron chi connectivity index (χ4n) is 5.36. The zero-order chi connectivity index (χ0) is 26.1. The summed E-state index contributed by atoms with van der Waals surface area (Å²) in [5, 5.41) is 1.78. The number of hydrogen-bond acceptors (Lipinski definition) is 7. The maximum Gasteiger partial charge on any atom is 0.269 e. The number of carbonyl (C=O) groups is 1. The zero-order valence-electron chi connectivity index (χ0n) is 22.4. The van der Waals surface area contributed by atoms with Crippen molar-refractivity contribution in [3.05, 3.63) is 51.9 Å². The van der Waals surface area contributed by atoms with E-state index in [1.165, 1.54) is 23.9 Å². The van der Waals surface area contributed by atoms with Crippen LogP contribution < -0.4 is 14.5 Å². The summed E-state index contributed by atoms with van der Waals surface area (Å²) < 4.78 is 5.44. The van der Waals surface area contributed by atoms with Gasteiger partial charge in [0.1, 0.15) is 10.7 Å². The first kappa shape index (κ1) is 26.0. The van der Waals surface area contributed by atoms with Crippen LogP contribution in [0.25, 0.3) is 0 Å². The highest BCUT2D eigenvalue weighted by molar-refractivity contribution is 8.19. The molecule has 1 saturated heterocycles. The number of amides is 1. The van der Waals surface area contributed by atoms with Crippen molar-refractivity contribution in [2.75, 3.05) is 37.0 Å². The minimum Gasteiger partial charge on any atom is -0.497 e. The van der Waals surface area contributed by atoms with Gasteiger partial charge in [0, 0.05) is 42.8 Å². The third-order valence-electron chi connectivity index (χ3n) is 7.51. The Balaban J connectivity index is 1.53. The Kier molecular flexibility index (Phi) is 7.77. The number of thioether (sulfide) groups is 2. The third-order valence-corrected chi connectivity index (χ3v) is 9.92. The summed E-state index contributed by atoms with van der Waals surface area (Å²) in [4.78, 5) is 27.5. The molecule has 0 N–H and O–H groups in total. The van der Waals surface area contributed by atoms with E-state index in [2.05, 4.69) is 54.8 Å². The van der Waals surface area contributed by atoms with Gasteiger partial charge in [-0.25, -0.2) is 4.99 Å². The molecule has 8 heteroatoms. The Hall–Kier alpha value is -2.58. The molecular formula is C29H36N4O2S2. The van der Waals surface area contributed by atoms with Crippen LogP contribution in [0.5, 0.6) is 5.75 Å². The van der Waals surface area contributed by atoms with Gasteiger partial charge in [-0.05, 0) is 81.3 Å². The van der Waals surface area contributed by atoms with Gasteiger partial charge in [-0.15, -0.1) is 0 Å². The van der Waals surface area contributed by atoms with Crippen molar-refractivity contribution in [2.24, 2.45) is 4.99 Å². The second kappa shape index (κ2) is 11.0. The molecule has 0 bridgehead atoms. The average Bonchev–Trinajstić information content (AvgIpc) is 3.42. The molecule has 2 aromatic rings. The topological polar surface area (TPSA) is 48.4 Å². The number of aliphatic imine (C=N–C) groups is 1. The van der Waals surface area contributed by atoms with Crippen LogP contribution in [-0.4, -0.2) is 49.3 Å². The Bertz CT molecular complexity index is 1250. The summed E-state index contributed by atoms with van der Waals surface area (Å²) in [5.41, 5.74) is 4.34. The lowest BCUT2D eigenvalue weighted by atomic mass is 9.94. The quantitative estimate of drug-likeness (QED) is 0.365. The number of methoxy groups -OCH3 is 1. The molecule has 0 atom stereocenters. The minimum absolute atomic E-state index is 0.0854. The van der Waals surface area contributed by atoms with Crippen molar-refractivity contribution in [3.63, 3.8) is 0 Å². The molecule has 0 unspecified atom stereocenters. The van der Waals surface area contributed by atoms with Crippen LogP contribution >= 0.6 is 23.5 Å². The van der Waals surface area contributed by atoms with Crippen LogP contribution in [0.3, 0.4) is 0 Å². The average molecular weight is 537 g/mol. The van der Waals surface area contributed by atoms with E-state index in [0.29, 0.717) is 0 Å². The first-order chi connectivity index (χ1) is 17.9. The van der Waals surface area contributed by atoms with Gasteiger partial charge in [-0.1, -0.05) is 31.0 Å². The fraction of sp³-hybridized carbons (Fsp3) is 0.448. The van der Waals surface area contributed by atoms with E-state index in [9.17, 15) is 4.79 Å². The van der Waals surface area contributed by atoms with Gasteiger partial charge in [-0.2, -0.15) is 0 Å². The van der Waals surface area contributed by atoms with Crippen molar-refractivity contribution in [3.8, 4) is 5.75 Å². The van der Waals surface area contributed by atoms with Gasteiger partial charge in [0.2, 0.25) is 0 Å². The normalized spacial score (nSPS) is 21.2. The predicted octanol–water partition coefficient (Wildman–Crippen LogP) is 7.16.